The Labute approximate surface area is 155 Å². The highest BCUT2D eigenvalue weighted by molar-refractivity contribution is 6.32. The van der Waals surface area contributed by atoms with Gasteiger partial charge in [0.2, 0.25) is 0 Å². The average Bonchev–Trinajstić information content (AvgIpc) is 2.64. The molecule has 4 heteroatoms. The molecule has 0 radical (unpaired) electrons. The van der Waals surface area contributed by atoms with E-state index in [0.717, 1.165) is 18.4 Å². The first-order valence-electron chi connectivity index (χ1n) is 8.58. The summed E-state index contributed by atoms with van der Waals surface area (Å²) in [7, 11) is 1.62. The van der Waals surface area contributed by atoms with E-state index in [2.05, 4.69) is 43.1 Å². The highest BCUT2D eigenvalue weighted by Gasteiger charge is 2.14. The van der Waals surface area contributed by atoms with Gasteiger partial charge in [-0.25, -0.2) is 0 Å². The summed E-state index contributed by atoms with van der Waals surface area (Å²) in [4.78, 5) is 0. The molecule has 0 aliphatic heterocycles. The van der Waals surface area contributed by atoms with Crippen molar-refractivity contribution in [3.63, 3.8) is 0 Å². The summed E-state index contributed by atoms with van der Waals surface area (Å²) in [5, 5.41) is 4.17. The van der Waals surface area contributed by atoms with Crippen LogP contribution in [-0.2, 0) is 6.54 Å². The molecule has 0 spiro atoms. The summed E-state index contributed by atoms with van der Waals surface area (Å²) >= 11 is 6.38. The number of halogens is 1. The lowest BCUT2D eigenvalue weighted by atomic mass is 10.0. The lowest BCUT2D eigenvalue weighted by Crippen LogP contribution is -2.20. The van der Waals surface area contributed by atoms with Crippen molar-refractivity contribution in [1.82, 2.24) is 5.32 Å². The molecule has 0 aromatic heterocycles. The van der Waals surface area contributed by atoms with Gasteiger partial charge >= 0.3 is 0 Å². The minimum absolute atomic E-state index is 0.313. The summed E-state index contributed by atoms with van der Waals surface area (Å²) in [6.07, 6.45) is 3.88. The third-order valence-electron chi connectivity index (χ3n) is 3.97. The second-order valence-corrected chi connectivity index (χ2v) is 6.25. The number of methoxy groups -OCH3 is 1. The van der Waals surface area contributed by atoms with Crippen molar-refractivity contribution < 1.29 is 9.47 Å². The Hall–Kier alpha value is -1.97. The van der Waals surface area contributed by atoms with Crippen LogP contribution in [0.25, 0.3) is 0 Å². The molecule has 0 heterocycles. The van der Waals surface area contributed by atoms with Crippen LogP contribution in [0.3, 0.4) is 0 Å². The number of ether oxygens (including phenoxy) is 2. The van der Waals surface area contributed by atoms with Gasteiger partial charge in [-0.1, -0.05) is 67.9 Å². The molecular formula is C21H26ClNO2. The molecule has 0 saturated heterocycles. The van der Waals surface area contributed by atoms with Crippen molar-refractivity contribution in [2.45, 2.75) is 32.4 Å². The maximum absolute atomic E-state index is 6.38. The summed E-state index contributed by atoms with van der Waals surface area (Å²) in [6, 6.07) is 14.7. The first-order valence-corrected chi connectivity index (χ1v) is 8.95. The topological polar surface area (TPSA) is 30.5 Å². The van der Waals surface area contributed by atoms with Crippen LogP contribution in [0.1, 0.15) is 36.9 Å². The molecule has 0 aliphatic rings. The molecule has 0 aliphatic carbocycles. The van der Waals surface area contributed by atoms with Crippen LogP contribution in [0, 0.1) is 0 Å². The normalized spacial score (nSPS) is 11.8. The van der Waals surface area contributed by atoms with Crippen molar-refractivity contribution in [2.75, 3.05) is 13.7 Å². The van der Waals surface area contributed by atoms with Crippen LogP contribution in [0.2, 0.25) is 5.02 Å². The van der Waals surface area contributed by atoms with Crippen LogP contribution < -0.4 is 14.8 Å². The molecule has 134 valence electrons. The fraction of sp³-hybridized carbons (Fsp3) is 0.333. The quantitative estimate of drug-likeness (QED) is 0.564. The second kappa shape index (κ2) is 10.1. The van der Waals surface area contributed by atoms with Crippen LogP contribution in [-0.4, -0.2) is 13.7 Å². The molecule has 3 nitrogen and oxygen atoms in total. The Balaban J connectivity index is 2.13. The van der Waals surface area contributed by atoms with E-state index in [4.69, 9.17) is 21.1 Å². The van der Waals surface area contributed by atoms with E-state index in [1.54, 1.807) is 13.2 Å². The Morgan fingerprint density at radius 3 is 2.64 bits per heavy atom. The number of nitrogens with one attached hydrogen (secondary N) is 1. The standard InChI is InChI=1S/C21H26ClNO2/c1-4-9-19(17-10-7-6-8-11-17)23-15-16-13-18(22)21(25-12-5-2)20(14-16)24-3/h5-8,10-11,13-14,19,23H,2,4,9,12,15H2,1,3H3. The van der Waals surface area contributed by atoms with Crippen molar-refractivity contribution in [2.24, 2.45) is 0 Å². The summed E-state index contributed by atoms with van der Waals surface area (Å²) in [5.41, 5.74) is 2.36. The van der Waals surface area contributed by atoms with E-state index in [0.29, 0.717) is 35.7 Å². The molecule has 0 bridgehead atoms. The monoisotopic (exact) mass is 359 g/mol. The van der Waals surface area contributed by atoms with Gasteiger partial charge in [0.05, 0.1) is 12.1 Å². The minimum Gasteiger partial charge on any atom is -0.493 e. The van der Waals surface area contributed by atoms with Crippen molar-refractivity contribution in [3.8, 4) is 11.5 Å². The largest absolute Gasteiger partial charge is 0.493 e. The van der Waals surface area contributed by atoms with Crippen LogP contribution in [0.4, 0.5) is 0 Å². The lowest BCUT2D eigenvalue weighted by molar-refractivity contribution is 0.326. The SMILES string of the molecule is C=CCOc1c(Cl)cc(CNC(CCC)c2ccccc2)cc1OC. The predicted molar refractivity (Wildman–Crippen MR) is 105 cm³/mol. The zero-order valence-electron chi connectivity index (χ0n) is 14.9. The molecule has 1 unspecified atom stereocenters. The van der Waals surface area contributed by atoms with Crippen LogP contribution in [0.5, 0.6) is 11.5 Å². The molecular weight excluding hydrogens is 334 g/mol. The van der Waals surface area contributed by atoms with E-state index in [1.807, 2.05) is 18.2 Å². The highest BCUT2D eigenvalue weighted by Crippen LogP contribution is 2.36. The summed E-state index contributed by atoms with van der Waals surface area (Å²) in [6.45, 7) is 6.95. The maximum atomic E-state index is 6.38. The fourth-order valence-corrected chi connectivity index (χ4v) is 3.05. The smallest absolute Gasteiger partial charge is 0.180 e. The average molecular weight is 360 g/mol. The first kappa shape index (κ1) is 19.4. The van der Waals surface area contributed by atoms with Crippen molar-refractivity contribution in [1.29, 1.82) is 0 Å². The molecule has 25 heavy (non-hydrogen) atoms. The zero-order chi connectivity index (χ0) is 18.1. The highest BCUT2D eigenvalue weighted by atomic mass is 35.5. The Morgan fingerprint density at radius 1 is 1.24 bits per heavy atom. The van der Waals surface area contributed by atoms with Crippen molar-refractivity contribution in [3.05, 3.63) is 71.3 Å². The van der Waals surface area contributed by atoms with Gasteiger partial charge in [-0.3, -0.25) is 0 Å². The Kier molecular flexibility index (Phi) is 7.83. The molecule has 0 saturated carbocycles. The van der Waals surface area contributed by atoms with Crippen molar-refractivity contribution >= 4 is 11.6 Å². The predicted octanol–water partition coefficient (Wildman–Crippen LogP) is 5.54. The molecule has 0 amide bonds. The lowest BCUT2D eigenvalue weighted by Gasteiger charge is -2.20. The van der Waals surface area contributed by atoms with Gasteiger partial charge < -0.3 is 14.8 Å². The zero-order valence-corrected chi connectivity index (χ0v) is 15.7. The Bertz CT molecular complexity index is 673. The molecule has 1 N–H and O–H groups in total. The number of rotatable bonds is 10. The molecule has 2 aromatic rings. The van der Waals surface area contributed by atoms with E-state index in [9.17, 15) is 0 Å². The number of benzene rings is 2. The van der Waals surface area contributed by atoms with E-state index < -0.39 is 0 Å². The minimum atomic E-state index is 0.313. The molecule has 2 rings (SSSR count). The summed E-state index contributed by atoms with van der Waals surface area (Å²) < 4.78 is 11.0. The van der Waals surface area contributed by atoms with Gasteiger partial charge in [0.15, 0.2) is 11.5 Å². The molecule has 2 aromatic carbocycles. The van der Waals surface area contributed by atoms with Gasteiger partial charge in [-0.2, -0.15) is 0 Å². The second-order valence-electron chi connectivity index (χ2n) is 5.84. The van der Waals surface area contributed by atoms with E-state index >= 15 is 0 Å². The third-order valence-corrected chi connectivity index (χ3v) is 4.25. The maximum Gasteiger partial charge on any atom is 0.180 e. The van der Waals surface area contributed by atoms with Gasteiger partial charge in [-0.15, -0.1) is 0 Å². The number of hydrogen-bond acceptors (Lipinski definition) is 3. The number of hydrogen-bond donors (Lipinski definition) is 1. The van der Waals surface area contributed by atoms with Crippen LogP contribution in [0.15, 0.2) is 55.1 Å². The van der Waals surface area contributed by atoms with E-state index in [1.165, 1.54) is 5.56 Å². The first-order chi connectivity index (χ1) is 12.2. The van der Waals surface area contributed by atoms with Gasteiger partial charge in [0, 0.05) is 12.6 Å². The fourth-order valence-electron chi connectivity index (χ4n) is 2.76. The molecule has 0 fully saturated rings. The van der Waals surface area contributed by atoms with Gasteiger partial charge in [0.25, 0.3) is 0 Å². The third kappa shape index (κ3) is 5.52. The van der Waals surface area contributed by atoms with Gasteiger partial charge in [0.1, 0.15) is 6.61 Å². The summed E-state index contributed by atoms with van der Waals surface area (Å²) in [5.74, 6) is 1.19. The van der Waals surface area contributed by atoms with Gasteiger partial charge in [-0.05, 0) is 29.7 Å². The van der Waals surface area contributed by atoms with E-state index in [-0.39, 0.29) is 0 Å². The molecule has 1 atom stereocenters. The Morgan fingerprint density at radius 2 is 2.00 bits per heavy atom. The van der Waals surface area contributed by atoms with Crippen LogP contribution >= 0.6 is 11.6 Å².